The van der Waals surface area contributed by atoms with E-state index in [2.05, 4.69) is 56.3 Å². The number of fused-ring (bicyclic) bond motifs is 2. The minimum atomic E-state index is -5.34. The molecule has 0 spiro atoms. The zero-order valence-corrected chi connectivity index (χ0v) is 27.4. The van der Waals surface area contributed by atoms with E-state index in [1.54, 1.807) is 0 Å². The Morgan fingerprint density at radius 2 is 1.51 bits per heavy atom. The van der Waals surface area contributed by atoms with Crippen LogP contribution in [0, 0.1) is 0 Å². The minimum Gasteiger partial charge on any atom is -0.449 e. The van der Waals surface area contributed by atoms with Crippen LogP contribution in [0.25, 0.3) is 21.3 Å². The molecule has 0 unspecified atom stereocenters. The van der Waals surface area contributed by atoms with Gasteiger partial charge in [-0.25, -0.2) is 9.59 Å². The normalized spacial score (nSPS) is 14.0. The molecule has 4 aromatic carbocycles. The second-order valence-electron chi connectivity index (χ2n) is 11.9. The zero-order valence-electron chi connectivity index (χ0n) is 26.6. The standard InChI is InChI=1S/C36H29F6N3O5S/c37-35(38,39)32(46)49-28-13-12-27(31-30(28)44-34(48)51-31)29(50-33(47)36(40,41)42)17-43-15-14-21-8-10-23(11-9-21)24-7-3-4-22(16-24)18-45-19-25-5-1-2-6-26(25)20-45/h1-13,16,29,43H,14-15,17-20H2,(H,44,48)/t29-/m0/s1. The average Bonchev–Trinajstić information content (AvgIpc) is 3.68. The number of nitrogens with one attached hydrogen (secondary N) is 2. The van der Waals surface area contributed by atoms with Crippen molar-refractivity contribution >= 4 is 33.5 Å². The highest BCUT2D eigenvalue weighted by Crippen LogP contribution is 2.36. The summed E-state index contributed by atoms with van der Waals surface area (Å²) in [6.07, 6.45) is -11.8. The van der Waals surface area contributed by atoms with E-state index in [-0.39, 0.29) is 28.9 Å². The first-order chi connectivity index (χ1) is 24.2. The number of hydrogen-bond donors (Lipinski definition) is 2. The fourth-order valence-electron chi connectivity index (χ4n) is 5.89. The van der Waals surface area contributed by atoms with E-state index in [9.17, 15) is 40.7 Å². The fraction of sp³-hybridized carbons (Fsp3) is 0.250. The molecule has 2 N–H and O–H groups in total. The van der Waals surface area contributed by atoms with Crippen LogP contribution in [0.2, 0.25) is 0 Å². The van der Waals surface area contributed by atoms with Gasteiger partial charge in [-0.15, -0.1) is 0 Å². The van der Waals surface area contributed by atoms with Gasteiger partial charge in [-0.05, 0) is 64.5 Å². The Hall–Kier alpha value is -4.99. The van der Waals surface area contributed by atoms with Crippen molar-refractivity contribution in [1.29, 1.82) is 0 Å². The van der Waals surface area contributed by atoms with Crippen LogP contribution in [0.5, 0.6) is 5.75 Å². The van der Waals surface area contributed by atoms with Crippen LogP contribution in [0.3, 0.4) is 0 Å². The average molecular weight is 730 g/mol. The Labute approximate surface area is 290 Å². The summed E-state index contributed by atoms with van der Waals surface area (Å²) in [5.41, 5.74) is 6.40. The van der Waals surface area contributed by atoms with E-state index < -0.39 is 41.0 Å². The fourth-order valence-corrected chi connectivity index (χ4v) is 6.80. The summed E-state index contributed by atoms with van der Waals surface area (Å²) in [4.78, 5) is 39.2. The first-order valence-corrected chi connectivity index (χ1v) is 16.5. The second kappa shape index (κ2) is 14.7. The van der Waals surface area contributed by atoms with Gasteiger partial charge in [0.25, 0.3) is 0 Å². The van der Waals surface area contributed by atoms with Crippen molar-refractivity contribution in [2.75, 3.05) is 13.1 Å². The summed E-state index contributed by atoms with van der Waals surface area (Å²) in [6.45, 7) is 2.54. The number of ether oxygens (including phenoxy) is 2. The first-order valence-electron chi connectivity index (χ1n) is 15.7. The van der Waals surface area contributed by atoms with Gasteiger partial charge >= 0.3 is 29.2 Å². The monoisotopic (exact) mass is 729 g/mol. The van der Waals surface area contributed by atoms with Crippen molar-refractivity contribution in [2.24, 2.45) is 0 Å². The molecule has 8 nitrogen and oxygen atoms in total. The maximum atomic E-state index is 13.2. The number of aromatic nitrogens is 1. The number of nitrogens with zero attached hydrogens (tertiary/aromatic N) is 1. The molecule has 0 radical (unpaired) electrons. The number of esters is 2. The number of aromatic amines is 1. The molecule has 266 valence electrons. The summed E-state index contributed by atoms with van der Waals surface area (Å²) in [7, 11) is 0. The maximum absolute atomic E-state index is 13.2. The van der Waals surface area contributed by atoms with Crippen molar-refractivity contribution in [1.82, 2.24) is 15.2 Å². The van der Waals surface area contributed by atoms with Gasteiger partial charge in [0.15, 0.2) is 5.75 Å². The van der Waals surface area contributed by atoms with E-state index in [4.69, 9.17) is 4.74 Å². The van der Waals surface area contributed by atoms with Crippen LogP contribution in [-0.4, -0.2) is 47.3 Å². The highest BCUT2D eigenvalue weighted by atomic mass is 32.1. The lowest BCUT2D eigenvalue weighted by molar-refractivity contribution is -0.205. The van der Waals surface area contributed by atoms with Crippen LogP contribution >= 0.6 is 11.3 Å². The molecule has 0 bridgehead atoms. The third-order valence-electron chi connectivity index (χ3n) is 8.28. The van der Waals surface area contributed by atoms with Gasteiger partial charge in [0, 0.05) is 31.7 Å². The van der Waals surface area contributed by atoms with E-state index >= 15 is 0 Å². The first kappa shape index (κ1) is 35.8. The van der Waals surface area contributed by atoms with Crippen molar-refractivity contribution in [3.05, 3.63) is 122 Å². The van der Waals surface area contributed by atoms with Crippen molar-refractivity contribution < 1.29 is 45.4 Å². The lowest BCUT2D eigenvalue weighted by Gasteiger charge is -2.21. The molecule has 1 atom stereocenters. The molecule has 51 heavy (non-hydrogen) atoms. The molecule has 5 aromatic rings. The van der Waals surface area contributed by atoms with Gasteiger partial charge in [0.2, 0.25) is 0 Å². The SMILES string of the molecule is O=C(Oc1ccc([C@H](CNCCc2ccc(-c3cccc(CN4Cc5ccccc5C4)c3)cc2)OC(=O)C(F)(F)F)c2sc(=O)[nH]c12)C(F)(F)F. The van der Waals surface area contributed by atoms with Crippen LogP contribution in [0.1, 0.15) is 33.9 Å². The summed E-state index contributed by atoms with van der Waals surface area (Å²) < 4.78 is 86.9. The van der Waals surface area contributed by atoms with Gasteiger partial charge in [0.1, 0.15) is 11.6 Å². The molecule has 1 aromatic heterocycles. The number of hydrogen-bond acceptors (Lipinski definition) is 8. The summed E-state index contributed by atoms with van der Waals surface area (Å²) in [5.74, 6) is -5.73. The maximum Gasteiger partial charge on any atom is 0.491 e. The predicted molar refractivity (Wildman–Crippen MR) is 177 cm³/mol. The van der Waals surface area contributed by atoms with E-state index in [0.29, 0.717) is 17.8 Å². The molecule has 15 heteroatoms. The molecule has 1 aliphatic heterocycles. The molecule has 0 saturated heterocycles. The summed E-state index contributed by atoms with van der Waals surface area (Å²) in [5, 5.41) is 2.96. The summed E-state index contributed by atoms with van der Waals surface area (Å²) >= 11 is 0.446. The topological polar surface area (TPSA) is 101 Å². The lowest BCUT2D eigenvalue weighted by Crippen LogP contribution is -2.32. The smallest absolute Gasteiger partial charge is 0.449 e. The highest BCUT2D eigenvalue weighted by molar-refractivity contribution is 7.16. The van der Waals surface area contributed by atoms with Crippen molar-refractivity contribution in [3.8, 4) is 16.9 Å². The molecule has 0 saturated carbocycles. The Kier molecular flexibility index (Phi) is 10.3. The number of carbonyl (C=O) groups is 2. The number of halogens is 6. The molecule has 0 aliphatic carbocycles. The van der Waals surface area contributed by atoms with Crippen molar-refractivity contribution in [3.63, 3.8) is 0 Å². The van der Waals surface area contributed by atoms with Gasteiger partial charge in [-0.3, -0.25) is 9.69 Å². The number of thiazole rings is 1. The number of H-pyrrole nitrogens is 1. The van der Waals surface area contributed by atoms with Crippen LogP contribution in [0.4, 0.5) is 26.3 Å². The Morgan fingerprint density at radius 1 is 0.824 bits per heavy atom. The van der Waals surface area contributed by atoms with Gasteiger partial charge < -0.3 is 19.8 Å². The van der Waals surface area contributed by atoms with Crippen LogP contribution < -0.4 is 14.9 Å². The Morgan fingerprint density at radius 3 is 2.18 bits per heavy atom. The lowest BCUT2D eigenvalue weighted by atomic mass is 10.0. The number of carbonyl (C=O) groups excluding carboxylic acids is 2. The molecular formula is C36H29F6N3O5S. The summed E-state index contributed by atoms with van der Waals surface area (Å²) in [6, 6.07) is 26.5. The largest absolute Gasteiger partial charge is 0.491 e. The highest BCUT2D eigenvalue weighted by Gasteiger charge is 2.43. The number of alkyl halides is 6. The molecule has 0 amide bonds. The van der Waals surface area contributed by atoms with Gasteiger partial charge in [-0.1, -0.05) is 78.1 Å². The molecular weight excluding hydrogens is 700 g/mol. The van der Waals surface area contributed by atoms with Crippen LogP contribution in [0.15, 0.2) is 89.7 Å². The Bertz CT molecular complexity index is 2080. The third kappa shape index (κ3) is 8.67. The van der Waals surface area contributed by atoms with Gasteiger partial charge in [-0.2, -0.15) is 26.3 Å². The Balaban J connectivity index is 1.10. The number of rotatable bonds is 11. The zero-order chi connectivity index (χ0) is 36.3. The van der Waals surface area contributed by atoms with Gasteiger partial charge in [0.05, 0.1) is 4.70 Å². The number of benzene rings is 4. The molecule has 2 heterocycles. The molecule has 1 aliphatic rings. The predicted octanol–water partition coefficient (Wildman–Crippen LogP) is 7.22. The van der Waals surface area contributed by atoms with E-state index in [1.165, 1.54) is 16.7 Å². The molecule has 0 fully saturated rings. The third-order valence-corrected chi connectivity index (χ3v) is 9.21. The van der Waals surface area contributed by atoms with Crippen LogP contribution in [-0.2, 0) is 40.4 Å². The second-order valence-corrected chi connectivity index (χ2v) is 12.9. The van der Waals surface area contributed by atoms with E-state index in [0.717, 1.165) is 48.5 Å². The molecule has 6 rings (SSSR count). The quantitative estimate of drug-likeness (QED) is 0.0641. The van der Waals surface area contributed by atoms with Crippen molar-refractivity contribution in [2.45, 2.75) is 44.5 Å². The minimum absolute atomic E-state index is 0.105. The van der Waals surface area contributed by atoms with E-state index in [1.807, 2.05) is 36.4 Å².